The molecule has 1 aromatic heterocycles. The SMILES string of the molecule is CCc1c(N)c(-c2ccc(Cl)cc2)nn1C(=O)OC(C)(C)C. The number of carbonyl (C=O) groups is 1. The Labute approximate surface area is 135 Å². The van der Waals surface area contributed by atoms with E-state index in [-0.39, 0.29) is 0 Å². The van der Waals surface area contributed by atoms with E-state index in [9.17, 15) is 4.79 Å². The molecule has 0 aliphatic rings. The summed E-state index contributed by atoms with van der Waals surface area (Å²) >= 11 is 5.89. The highest BCUT2D eigenvalue weighted by molar-refractivity contribution is 6.30. The average Bonchev–Trinajstić information content (AvgIpc) is 2.75. The Kier molecular flexibility index (Phi) is 4.47. The fourth-order valence-electron chi connectivity index (χ4n) is 2.08. The Hall–Kier alpha value is -2.01. The number of hydrogen-bond donors (Lipinski definition) is 1. The zero-order valence-corrected chi connectivity index (χ0v) is 13.9. The van der Waals surface area contributed by atoms with Crippen molar-refractivity contribution in [2.75, 3.05) is 5.73 Å². The van der Waals surface area contributed by atoms with Gasteiger partial charge in [0, 0.05) is 10.6 Å². The van der Waals surface area contributed by atoms with Gasteiger partial charge in [-0.3, -0.25) is 0 Å². The van der Waals surface area contributed by atoms with Gasteiger partial charge < -0.3 is 10.5 Å². The van der Waals surface area contributed by atoms with E-state index < -0.39 is 11.7 Å². The standard InChI is InChI=1S/C16H20ClN3O2/c1-5-12-13(18)14(10-6-8-11(17)9-7-10)19-20(12)15(21)22-16(2,3)4/h6-9H,5,18H2,1-4H3. The van der Waals surface area contributed by atoms with E-state index in [2.05, 4.69) is 5.10 Å². The summed E-state index contributed by atoms with van der Waals surface area (Å²) in [4.78, 5) is 12.3. The molecule has 0 saturated carbocycles. The molecule has 0 spiro atoms. The van der Waals surface area contributed by atoms with Crippen molar-refractivity contribution in [3.63, 3.8) is 0 Å². The number of benzene rings is 1. The maximum absolute atomic E-state index is 12.3. The highest BCUT2D eigenvalue weighted by Gasteiger charge is 2.24. The van der Waals surface area contributed by atoms with Gasteiger partial charge in [0.2, 0.25) is 0 Å². The zero-order valence-electron chi connectivity index (χ0n) is 13.2. The second-order valence-corrected chi connectivity index (χ2v) is 6.40. The minimum Gasteiger partial charge on any atom is -0.442 e. The van der Waals surface area contributed by atoms with Gasteiger partial charge in [0.15, 0.2) is 0 Å². The van der Waals surface area contributed by atoms with Crippen LogP contribution in [0.25, 0.3) is 11.3 Å². The van der Waals surface area contributed by atoms with Crippen molar-refractivity contribution in [3.8, 4) is 11.3 Å². The van der Waals surface area contributed by atoms with Crippen LogP contribution in [0.5, 0.6) is 0 Å². The Bertz CT molecular complexity index is 685. The number of hydrogen-bond acceptors (Lipinski definition) is 4. The quantitative estimate of drug-likeness (QED) is 0.902. The number of anilines is 1. The van der Waals surface area contributed by atoms with E-state index in [1.165, 1.54) is 4.68 Å². The van der Waals surface area contributed by atoms with Crippen LogP contribution in [0.3, 0.4) is 0 Å². The second-order valence-electron chi connectivity index (χ2n) is 5.96. The summed E-state index contributed by atoms with van der Waals surface area (Å²) in [6.07, 6.45) is 0.0438. The smallest absolute Gasteiger partial charge is 0.435 e. The fourth-order valence-corrected chi connectivity index (χ4v) is 2.21. The van der Waals surface area contributed by atoms with E-state index >= 15 is 0 Å². The third kappa shape index (κ3) is 3.42. The zero-order chi connectivity index (χ0) is 16.5. The molecule has 0 aliphatic carbocycles. The highest BCUT2D eigenvalue weighted by atomic mass is 35.5. The summed E-state index contributed by atoms with van der Waals surface area (Å²) in [5.41, 5.74) is 8.05. The molecule has 22 heavy (non-hydrogen) atoms. The van der Waals surface area contributed by atoms with Gasteiger partial charge in [-0.25, -0.2) is 4.79 Å². The van der Waals surface area contributed by atoms with Crippen LogP contribution in [0, 0.1) is 0 Å². The predicted octanol–water partition coefficient (Wildman–Crippen LogP) is 4.13. The van der Waals surface area contributed by atoms with Crippen LogP contribution < -0.4 is 5.73 Å². The lowest BCUT2D eigenvalue weighted by molar-refractivity contribution is 0.0510. The molecule has 6 heteroatoms. The number of halogens is 1. The molecule has 0 aliphatic heterocycles. The number of rotatable bonds is 2. The normalized spacial score (nSPS) is 11.5. The van der Waals surface area contributed by atoms with Gasteiger partial charge in [-0.15, -0.1) is 0 Å². The summed E-state index contributed by atoms with van der Waals surface area (Å²) < 4.78 is 6.62. The van der Waals surface area contributed by atoms with Gasteiger partial charge in [0.25, 0.3) is 0 Å². The average molecular weight is 322 g/mol. The van der Waals surface area contributed by atoms with Crippen LogP contribution >= 0.6 is 11.6 Å². The predicted molar refractivity (Wildman–Crippen MR) is 88.1 cm³/mol. The largest absolute Gasteiger partial charge is 0.442 e. The molecule has 0 radical (unpaired) electrons. The number of aromatic nitrogens is 2. The van der Waals surface area contributed by atoms with Crippen LogP contribution in [0.1, 0.15) is 33.4 Å². The molecular weight excluding hydrogens is 302 g/mol. The number of nitrogen functional groups attached to an aromatic ring is 1. The van der Waals surface area contributed by atoms with Crippen molar-refractivity contribution in [1.82, 2.24) is 9.78 Å². The van der Waals surface area contributed by atoms with Crippen molar-refractivity contribution in [3.05, 3.63) is 35.0 Å². The molecule has 2 rings (SSSR count). The first-order valence-corrected chi connectivity index (χ1v) is 7.47. The molecule has 2 N–H and O–H groups in total. The van der Waals surface area contributed by atoms with Crippen molar-refractivity contribution < 1.29 is 9.53 Å². The lowest BCUT2D eigenvalue weighted by Crippen LogP contribution is -2.28. The molecule has 0 bridgehead atoms. The van der Waals surface area contributed by atoms with E-state index in [4.69, 9.17) is 22.1 Å². The van der Waals surface area contributed by atoms with Gasteiger partial charge in [0.05, 0.1) is 11.4 Å². The van der Waals surface area contributed by atoms with E-state index in [1.807, 2.05) is 39.8 Å². The van der Waals surface area contributed by atoms with E-state index in [0.29, 0.717) is 28.5 Å². The minimum absolute atomic E-state index is 0.482. The van der Waals surface area contributed by atoms with Gasteiger partial charge >= 0.3 is 6.09 Å². The van der Waals surface area contributed by atoms with Crippen molar-refractivity contribution in [2.24, 2.45) is 0 Å². The van der Waals surface area contributed by atoms with Crippen LogP contribution in [0.4, 0.5) is 10.5 Å². The fraction of sp³-hybridized carbons (Fsp3) is 0.375. The number of carbonyl (C=O) groups excluding carboxylic acids is 1. The first-order valence-electron chi connectivity index (χ1n) is 7.09. The summed E-state index contributed by atoms with van der Waals surface area (Å²) in [7, 11) is 0. The first-order chi connectivity index (χ1) is 10.2. The molecule has 0 fully saturated rings. The van der Waals surface area contributed by atoms with Gasteiger partial charge in [-0.1, -0.05) is 30.7 Å². The highest BCUT2D eigenvalue weighted by Crippen LogP contribution is 2.29. The van der Waals surface area contributed by atoms with Crippen LogP contribution in [0.15, 0.2) is 24.3 Å². The molecule has 0 saturated heterocycles. The lowest BCUT2D eigenvalue weighted by Gasteiger charge is -2.19. The number of ether oxygens (including phenoxy) is 1. The summed E-state index contributed by atoms with van der Waals surface area (Å²) in [6.45, 7) is 7.34. The first kappa shape index (κ1) is 16.4. The third-order valence-electron chi connectivity index (χ3n) is 3.04. The van der Waals surface area contributed by atoms with Gasteiger partial charge in [0.1, 0.15) is 11.3 Å². The van der Waals surface area contributed by atoms with Crippen molar-refractivity contribution in [1.29, 1.82) is 0 Å². The Balaban J connectivity index is 2.46. The third-order valence-corrected chi connectivity index (χ3v) is 3.29. The molecular formula is C16H20ClN3O2. The molecule has 1 heterocycles. The Morgan fingerprint density at radius 2 is 1.91 bits per heavy atom. The molecule has 0 unspecified atom stereocenters. The van der Waals surface area contributed by atoms with Crippen LogP contribution in [0.2, 0.25) is 5.02 Å². The summed E-state index contributed by atoms with van der Waals surface area (Å²) in [5.74, 6) is 0. The Morgan fingerprint density at radius 3 is 2.41 bits per heavy atom. The second kappa shape index (κ2) is 6.01. The van der Waals surface area contributed by atoms with Gasteiger partial charge in [-0.2, -0.15) is 9.78 Å². The minimum atomic E-state index is -0.594. The van der Waals surface area contributed by atoms with Gasteiger partial charge in [-0.05, 0) is 39.3 Å². The molecule has 2 aromatic rings. The van der Waals surface area contributed by atoms with Crippen LogP contribution in [-0.2, 0) is 11.2 Å². The monoisotopic (exact) mass is 321 g/mol. The Morgan fingerprint density at radius 1 is 1.32 bits per heavy atom. The van der Waals surface area contributed by atoms with Crippen molar-refractivity contribution in [2.45, 2.75) is 39.7 Å². The summed E-state index contributed by atoms with van der Waals surface area (Å²) in [5, 5.41) is 4.97. The summed E-state index contributed by atoms with van der Waals surface area (Å²) in [6, 6.07) is 7.16. The molecule has 1 aromatic carbocycles. The maximum Gasteiger partial charge on any atom is 0.435 e. The topological polar surface area (TPSA) is 70.1 Å². The number of nitrogens with two attached hydrogens (primary N) is 1. The lowest BCUT2D eigenvalue weighted by atomic mass is 10.1. The molecule has 5 nitrogen and oxygen atoms in total. The molecule has 118 valence electrons. The van der Waals surface area contributed by atoms with Crippen LogP contribution in [-0.4, -0.2) is 21.5 Å². The maximum atomic E-state index is 12.3. The van der Waals surface area contributed by atoms with E-state index in [1.54, 1.807) is 12.1 Å². The molecule has 0 amide bonds. The number of nitrogens with zero attached hydrogens (tertiary/aromatic N) is 2. The van der Waals surface area contributed by atoms with E-state index in [0.717, 1.165) is 5.56 Å². The molecule has 0 atom stereocenters. The van der Waals surface area contributed by atoms with Crippen molar-refractivity contribution >= 4 is 23.4 Å².